The summed E-state index contributed by atoms with van der Waals surface area (Å²) >= 11 is 3.42. The second kappa shape index (κ2) is 5.01. The van der Waals surface area contributed by atoms with E-state index in [0.717, 1.165) is 35.6 Å². The van der Waals surface area contributed by atoms with E-state index in [1.807, 2.05) is 6.07 Å². The molecular weight excluding hydrogens is 330 g/mol. The van der Waals surface area contributed by atoms with Crippen molar-refractivity contribution in [3.8, 4) is 0 Å². The van der Waals surface area contributed by atoms with Crippen LogP contribution in [0.15, 0.2) is 10.7 Å². The maximum atomic E-state index is 11.6. The first kappa shape index (κ1) is 13.3. The maximum Gasteiger partial charge on any atom is 0.152 e. The first-order valence-electron chi connectivity index (χ1n) is 6.53. The van der Waals surface area contributed by atoms with Gasteiger partial charge in [0.05, 0.1) is 11.5 Å². The molecule has 2 fully saturated rings. The van der Waals surface area contributed by atoms with Gasteiger partial charge in [-0.15, -0.1) is 0 Å². The second-order valence-electron chi connectivity index (χ2n) is 5.17. The van der Waals surface area contributed by atoms with Gasteiger partial charge in [0.2, 0.25) is 0 Å². The highest BCUT2D eigenvalue weighted by Crippen LogP contribution is 2.39. The zero-order valence-electron chi connectivity index (χ0n) is 10.5. The molecule has 1 aromatic rings. The second-order valence-corrected chi connectivity index (χ2v) is 8.29. The van der Waals surface area contributed by atoms with Crippen LogP contribution in [0.25, 0.3) is 0 Å². The Morgan fingerprint density at radius 3 is 2.74 bits per heavy atom. The van der Waals surface area contributed by atoms with Crippen LogP contribution in [0.2, 0.25) is 0 Å². The molecule has 2 aliphatic rings. The lowest BCUT2D eigenvalue weighted by atomic mass is 10.3. The molecule has 0 aromatic carbocycles. The average molecular weight is 346 g/mol. The SMILES string of the molecule is O=S1(=O)CCCN(c2cc(Br)nc(C3CC3)n2)CC1. The monoisotopic (exact) mass is 345 g/mol. The van der Waals surface area contributed by atoms with Gasteiger partial charge in [-0.05, 0) is 35.2 Å². The quantitative estimate of drug-likeness (QED) is 0.764. The minimum absolute atomic E-state index is 0.216. The Kier molecular flexibility index (Phi) is 3.51. The van der Waals surface area contributed by atoms with Crippen molar-refractivity contribution in [2.45, 2.75) is 25.2 Å². The number of rotatable bonds is 2. The fraction of sp³-hybridized carbons (Fsp3) is 0.667. The Morgan fingerprint density at radius 2 is 2.00 bits per heavy atom. The van der Waals surface area contributed by atoms with E-state index in [9.17, 15) is 8.42 Å². The lowest BCUT2D eigenvalue weighted by molar-refractivity contribution is 0.597. The molecule has 0 bridgehead atoms. The van der Waals surface area contributed by atoms with Gasteiger partial charge in [0.15, 0.2) is 9.84 Å². The molecule has 0 unspecified atom stereocenters. The van der Waals surface area contributed by atoms with Crippen LogP contribution in [0.3, 0.4) is 0 Å². The zero-order valence-corrected chi connectivity index (χ0v) is 13.0. The average Bonchev–Trinajstić information content (AvgIpc) is 3.15. The van der Waals surface area contributed by atoms with Crippen LogP contribution >= 0.6 is 15.9 Å². The molecule has 1 aliphatic heterocycles. The fourth-order valence-electron chi connectivity index (χ4n) is 2.28. The summed E-state index contributed by atoms with van der Waals surface area (Å²) in [4.78, 5) is 11.1. The predicted octanol–water partition coefficient (Wildman–Crippen LogP) is 1.74. The Morgan fingerprint density at radius 1 is 1.21 bits per heavy atom. The summed E-state index contributed by atoms with van der Waals surface area (Å²) in [5.74, 6) is 2.72. The molecule has 5 nitrogen and oxygen atoms in total. The molecule has 0 spiro atoms. The van der Waals surface area contributed by atoms with Gasteiger partial charge in [0, 0.05) is 25.1 Å². The molecule has 7 heteroatoms. The third-order valence-electron chi connectivity index (χ3n) is 3.52. The Labute approximate surface area is 121 Å². The van der Waals surface area contributed by atoms with E-state index in [4.69, 9.17) is 0 Å². The minimum atomic E-state index is -2.88. The molecule has 0 N–H and O–H groups in total. The van der Waals surface area contributed by atoms with Crippen LogP contribution in [0.4, 0.5) is 5.82 Å². The molecule has 2 heterocycles. The highest BCUT2D eigenvalue weighted by atomic mass is 79.9. The Bertz CT molecular complexity index is 587. The highest BCUT2D eigenvalue weighted by molar-refractivity contribution is 9.10. The lowest BCUT2D eigenvalue weighted by Gasteiger charge is -2.21. The van der Waals surface area contributed by atoms with E-state index >= 15 is 0 Å². The topological polar surface area (TPSA) is 63.2 Å². The number of anilines is 1. The number of nitrogens with zero attached hydrogens (tertiary/aromatic N) is 3. The van der Waals surface area contributed by atoms with Crippen molar-refractivity contribution in [2.75, 3.05) is 29.5 Å². The first-order valence-corrected chi connectivity index (χ1v) is 9.15. The van der Waals surface area contributed by atoms with E-state index < -0.39 is 9.84 Å². The van der Waals surface area contributed by atoms with Gasteiger partial charge in [-0.25, -0.2) is 18.4 Å². The van der Waals surface area contributed by atoms with E-state index in [1.165, 1.54) is 0 Å². The van der Waals surface area contributed by atoms with Crippen molar-refractivity contribution in [3.05, 3.63) is 16.5 Å². The summed E-state index contributed by atoms with van der Waals surface area (Å²) in [5, 5.41) is 0. The van der Waals surface area contributed by atoms with Crippen molar-refractivity contribution in [3.63, 3.8) is 0 Å². The van der Waals surface area contributed by atoms with Crippen LogP contribution in [-0.2, 0) is 9.84 Å². The predicted molar refractivity (Wildman–Crippen MR) is 77.2 cm³/mol. The van der Waals surface area contributed by atoms with Crippen molar-refractivity contribution in [1.29, 1.82) is 0 Å². The van der Waals surface area contributed by atoms with Gasteiger partial charge in [0.25, 0.3) is 0 Å². The van der Waals surface area contributed by atoms with E-state index in [-0.39, 0.29) is 11.5 Å². The summed E-state index contributed by atoms with van der Waals surface area (Å²) in [6.07, 6.45) is 2.98. The molecule has 3 rings (SSSR count). The van der Waals surface area contributed by atoms with Crippen molar-refractivity contribution < 1.29 is 8.42 Å². The van der Waals surface area contributed by atoms with Crippen LogP contribution < -0.4 is 4.90 Å². The van der Waals surface area contributed by atoms with Crippen molar-refractivity contribution in [1.82, 2.24) is 9.97 Å². The van der Waals surface area contributed by atoms with Gasteiger partial charge in [-0.3, -0.25) is 0 Å². The molecule has 19 heavy (non-hydrogen) atoms. The molecule has 1 saturated carbocycles. The van der Waals surface area contributed by atoms with E-state index in [0.29, 0.717) is 18.9 Å². The van der Waals surface area contributed by atoms with Gasteiger partial charge >= 0.3 is 0 Å². The molecule has 0 radical (unpaired) electrons. The summed E-state index contributed by atoms with van der Waals surface area (Å²) < 4.78 is 24.0. The smallest absolute Gasteiger partial charge is 0.152 e. The summed E-state index contributed by atoms with van der Waals surface area (Å²) in [7, 11) is -2.88. The number of hydrogen-bond acceptors (Lipinski definition) is 5. The largest absolute Gasteiger partial charge is 0.355 e. The van der Waals surface area contributed by atoms with Gasteiger partial charge < -0.3 is 4.90 Å². The summed E-state index contributed by atoms with van der Waals surface area (Å²) in [5.41, 5.74) is 0. The van der Waals surface area contributed by atoms with Crippen LogP contribution in [0.5, 0.6) is 0 Å². The van der Waals surface area contributed by atoms with Crippen molar-refractivity contribution in [2.24, 2.45) is 0 Å². The summed E-state index contributed by atoms with van der Waals surface area (Å²) in [6, 6.07) is 1.88. The highest BCUT2D eigenvalue weighted by Gasteiger charge is 2.28. The molecule has 104 valence electrons. The molecule has 0 atom stereocenters. The standard InChI is InChI=1S/C12H16BrN3O2S/c13-10-8-11(15-12(14-10)9-2-3-9)16-4-1-6-19(17,18)7-5-16/h8-9H,1-7H2. The number of sulfone groups is 1. The Hall–Kier alpha value is -0.690. The normalized spacial score (nSPS) is 23.1. The number of aromatic nitrogens is 2. The van der Waals surface area contributed by atoms with Gasteiger partial charge in [0.1, 0.15) is 16.2 Å². The van der Waals surface area contributed by atoms with Gasteiger partial charge in [-0.1, -0.05) is 0 Å². The zero-order chi connectivity index (χ0) is 13.5. The minimum Gasteiger partial charge on any atom is -0.355 e. The van der Waals surface area contributed by atoms with Crippen LogP contribution in [0.1, 0.15) is 31.0 Å². The fourth-order valence-corrected chi connectivity index (χ4v) is 3.93. The molecule has 1 aliphatic carbocycles. The first-order chi connectivity index (χ1) is 9.03. The van der Waals surface area contributed by atoms with Gasteiger partial charge in [-0.2, -0.15) is 0 Å². The number of halogens is 1. The number of hydrogen-bond donors (Lipinski definition) is 0. The molecule has 0 amide bonds. The third kappa shape index (κ3) is 3.25. The van der Waals surface area contributed by atoms with Crippen LogP contribution in [0, 0.1) is 0 Å². The third-order valence-corrected chi connectivity index (χ3v) is 5.64. The molecule has 1 aromatic heterocycles. The van der Waals surface area contributed by atoms with Crippen LogP contribution in [-0.4, -0.2) is 43.0 Å². The van der Waals surface area contributed by atoms with E-state index in [1.54, 1.807) is 0 Å². The lowest BCUT2D eigenvalue weighted by Crippen LogP contribution is -2.28. The Balaban J connectivity index is 1.84. The summed E-state index contributed by atoms with van der Waals surface area (Å²) in [6.45, 7) is 1.27. The molecule has 1 saturated heterocycles. The van der Waals surface area contributed by atoms with E-state index in [2.05, 4.69) is 30.8 Å². The van der Waals surface area contributed by atoms with Crippen molar-refractivity contribution >= 4 is 31.6 Å². The molecular formula is C12H16BrN3O2S. The maximum absolute atomic E-state index is 11.6.